The van der Waals surface area contributed by atoms with Crippen molar-refractivity contribution in [2.75, 3.05) is 7.11 Å². The fraction of sp³-hybridized carbons (Fsp3) is 0.417. The maximum absolute atomic E-state index is 13.0. The van der Waals surface area contributed by atoms with Gasteiger partial charge in [0.2, 0.25) is 0 Å². The van der Waals surface area contributed by atoms with Gasteiger partial charge in [0.1, 0.15) is 5.82 Å². The molecule has 0 saturated carbocycles. The highest BCUT2D eigenvalue weighted by molar-refractivity contribution is 5.69. The Labute approximate surface area is 94.4 Å². The van der Waals surface area contributed by atoms with E-state index in [1.165, 1.54) is 13.2 Å². The predicted octanol–water partition coefficient (Wildman–Crippen LogP) is 2.09. The van der Waals surface area contributed by atoms with Crippen LogP contribution in [0.3, 0.4) is 0 Å². The van der Waals surface area contributed by atoms with E-state index in [2.05, 4.69) is 4.74 Å². The monoisotopic (exact) mass is 225 g/mol. The largest absolute Gasteiger partial charge is 0.469 e. The summed E-state index contributed by atoms with van der Waals surface area (Å²) in [6, 6.07) is 4.47. The van der Waals surface area contributed by atoms with Crippen molar-refractivity contribution in [3.8, 4) is 0 Å². The molecule has 3 nitrogen and oxygen atoms in total. The number of aryl methyl sites for hydroxylation is 1. The second-order valence-electron chi connectivity index (χ2n) is 3.73. The van der Waals surface area contributed by atoms with Crippen LogP contribution >= 0.6 is 0 Å². The van der Waals surface area contributed by atoms with Crippen LogP contribution in [0.5, 0.6) is 0 Å². The third-order valence-electron chi connectivity index (χ3n) is 2.50. The highest BCUT2D eigenvalue weighted by Crippen LogP contribution is 2.18. The number of ether oxygens (including phenoxy) is 1. The average Bonchev–Trinajstić information content (AvgIpc) is 2.29. The first kappa shape index (κ1) is 12.6. The molecule has 4 heteroatoms. The third kappa shape index (κ3) is 3.31. The lowest BCUT2D eigenvalue weighted by atomic mass is 10.0. The molecular formula is C12H16FNO2. The minimum absolute atomic E-state index is 0.246. The first-order valence-electron chi connectivity index (χ1n) is 5.13. The van der Waals surface area contributed by atoms with Gasteiger partial charge in [0.25, 0.3) is 0 Å². The van der Waals surface area contributed by atoms with Gasteiger partial charge in [-0.2, -0.15) is 0 Å². The minimum atomic E-state index is -0.283. The zero-order valence-electron chi connectivity index (χ0n) is 9.50. The summed E-state index contributed by atoms with van der Waals surface area (Å²) in [5.41, 5.74) is 7.28. The molecule has 1 aromatic rings. The van der Waals surface area contributed by atoms with Gasteiger partial charge >= 0.3 is 5.97 Å². The van der Waals surface area contributed by atoms with Gasteiger partial charge in [-0.3, -0.25) is 4.79 Å². The normalized spacial score (nSPS) is 12.2. The lowest BCUT2D eigenvalue weighted by molar-refractivity contribution is -0.140. The summed E-state index contributed by atoms with van der Waals surface area (Å²) in [7, 11) is 1.34. The summed E-state index contributed by atoms with van der Waals surface area (Å²) in [6.07, 6.45) is 0.770. The van der Waals surface area contributed by atoms with Crippen molar-refractivity contribution in [2.45, 2.75) is 25.8 Å². The summed E-state index contributed by atoms with van der Waals surface area (Å²) in [6.45, 7) is 1.69. The second-order valence-corrected chi connectivity index (χ2v) is 3.73. The molecule has 1 rings (SSSR count). The lowest BCUT2D eigenvalue weighted by Crippen LogP contribution is -2.13. The fourth-order valence-electron chi connectivity index (χ4n) is 1.44. The Hall–Kier alpha value is -1.42. The third-order valence-corrected chi connectivity index (χ3v) is 2.50. The van der Waals surface area contributed by atoms with Crippen LogP contribution in [0.4, 0.5) is 4.39 Å². The number of carbonyl (C=O) groups is 1. The van der Waals surface area contributed by atoms with E-state index in [0.717, 1.165) is 5.56 Å². The molecule has 0 amide bonds. The Morgan fingerprint density at radius 3 is 2.81 bits per heavy atom. The molecule has 0 aliphatic carbocycles. The van der Waals surface area contributed by atoms with Crippen molar-refractivity contribution in [1.29, 1.82) is 0 Å². The molecule has 0 bridgehead atoms. The minimum Gasteiger partial charge on any atom is -0.469 e. The van der Waals surface area contributed by atoms with Gasteiger partial charge in [-0.15, -0.1) is 0 Å². The number of carbonyl (C=O) groups excluding carboxylic acids is 1. The summed E-state index contributed by atoms with van der Waals surface area (Å²) in [5, 5.41) is 0. The number of benzene rings is 1. The van der Waals surface area contributed by atoms with Crippen molar-refractivity contribution in [1.82, 2.24) is 0 Å². The van der Waals surface area contributed by atoms with E-state index in [1.54, 1.807) is 19.1 Å². The van der Waals surface area contributed by atoms with Crippen LogP contribution in [0.2, 0.25) is 0 Å². The summed E-state index contributed by atoms with van der Waals surface area (Å²) >= 11 is 0. The molecule has 2 N–H and O–H groups in total. The van der Waals surface area contributed by atoms with E-state index >= 15 is 0 Å². The molecule has 0 spiro atoms. The molecule has 1 unspecified atom stereocenters. The zero-order chi connectivity index (χ0) is 12.1. The van der Waals surface area contributed by atoms with Gasteiger partial charge in [0.05, 0.1) is 7.11 Å². The van der Waals surface area contributed by atoms with Gasteiger partial charge in [-0.05, 0) is 30.5 Å². The van der Waals surface area contributed by atoms with E-state index in [1.807, 2.05) is 0 Å². The highest BCUT2D eigenvalue weighted by atomic mass is 19.1. The van der Waals surface area contributed by atoms with Crippen molar-refractivity contribution < 1.29 is 13.9 Å². The molecule has 0 heterocycles. The zero-order valence-corrected chi connectivity index (χ0v) is 9.50. The Morgan fingerprint density at radius 1 is 1.56 bits per heavy atom. The second kappa shape index (κ2) is 5.61. The van der Waals surface area contributed by atoms with Crippen LogP contribution in [0, 0.1) is 12.7 Å². The Kier molecular flexibility index (Phi) is 4.43. The Bertz CT molecular complexity index is 379. The molecule has 0 saturated heterocycles. The van der Waals surface area contributed by atoms with Gasteiger partial charge < -0.3 is 10.5 Å². The van der Waals surface area contributed by atoms with Crippen LogP contribution in [0.25, 0.3) is 0 Å². The lowest BCUT2D eigenvalue weighted by Gasteiger charge is -2.12. The quantitative estimate of drug-likeness (QED) is 0.798. The topological polar surface area (TPSA) is 52.3 Å². The van der Waals surface area contributed by atoms with Gasteiger partial charge in [0, 0.05) is 12.5 Å². The van der Waals surface area contributed by atoms with Crippen LogP contribution in [-0.4, -0.2) is 13.1 Å². The molecule has 1 aromatic carbocycles. The number of hydrogen-bond donors (Lipinski definition) is 1. The predicted molar refractivity (Wildman–Crippen MR) is 59.3 cm³/mol. The van der Waals surface area contributed by atoms with Gasteiger partial charge in [0.15, 0.2) is 0 Å². The SMILES string of the molecule is COC(=O)CCC(N)c1ccc(F)c(C)c1. The smallest absolute Gasteiger partial charge is 0.305 e. The van der Waals surface area contributed by atoms with Crippen molar-refractivity contribution in [3.05, 3.63) is 35.1 Å². The number of nitrogens with two attached hydrogens (primary N) is 1. The van der Waals surface area contributed by atoms with Crippen LogP contribution < -0.4 is 5.73 Å². The molecule has 1 atom stereocenters. The standard InChI is InChI=1S/C12H16FNO2/c1-8-7-9(3-4-10(8)13)11(14)5-6-12(15)16-2/h3-4,7,11H,5-6,14H2,1-2H3. The summed E-state index contributed by atoms with van der Waals surface area (Å²) in [5.74, 6) is -0.529. The van der Waals surface area contributed by atoms with Gasteiger partial charge in [-0.25, -0.2) is 4.39 Å². The number of rotatable bonds is 4. The van der Waals surface area contributed by atoms with Crippen LogP contribution in [-0.2, 0) is 9.53 Å². The highest BCUT2D eigenvalue weighted by Gasteiger charge is 2.10. The Balaban J connectivity index is 2.62. The van der Waals surface area contributed by atoms with Crippen LogP contribution in [0.15, 0.2) is 18.2 Å². The average molecular weight is 225 g/mol. The first-order chi connectivity index (χ1) is 7.54. The van der Waals surface area contributed by atoms with Crippen molar-refractivity contribution in [3.63, 3.8) is 0 Å². The molecular weight excluding hydrogens is 209 g/mol. The van der Waals surface area contributed by atoms with E-state index in [9.17, 15) is 9.18 Å². The van der Waals surface area contributed by atoms with Crippen LogP contribution in [0.1, 0.15) is 30.0 Å². The molecule has 0 aliphatic heterocycles. The summed E-state index contributed by atoms with van der Waals surface area (Å²) < 4.78 is 17.5. The molecule has 0 radical (unpaired) electrons. The first-order valence-corrected chi connectivity index (χ1v) is 5.13. The van der Waals surface area contributed by atoms with E-state index in [4.69, 9.17) is 5.73 Å². The molecule has 88 valence electrons. The molecule has 0 aliphatic rings. The number of halogens is 1. The summed E-state index contributed by atoms with van der Waals surface area (Å²) in [4.78, 5) is 10.9. The van der Waals surface area contributed by atoms with Crippen molar-refractivity contribution in [2.24, 2.45) is 5.73 Å². The number of esters is 1. The fourth-order valence-corrected chi connectivity index (χ4v) is 1.44. The van der Waals surface area contributed by atoms with Gasteiger partial charge in [-0.1, -0.05) is 12.1 Å². The molecule has 0 aromatic heterocycles. The maximum atomic E-state index is 13.0. The van der Waals surface area contributed by atoms with E-state index < -0.39 is 0 Å². The number of hydrogen-bond acceptors (Lipinski definition) is 3. The maximum Gasteiger partial charge on any atom is 0.305 e. The van der Waals surface area contributed by atoms with E-state index in [0.29, 0.717) is 12.0 Å². The molecule has 16 heavy (non-hydrogen) atoms. The number of methoxy groups -OCH3 is 1. The van der Waals surface area contributed by atoms with E-state index in [-0.39, 0.29) is 24.2 Å². The molecule has 0 fully saturated rings. The Morgan fingerprint density at radius 2 is 2.25 bits per heavy atom. The van der Waals surface area contributed by atoms with Crippen molar-refractivity contribution >= 4 is 5.97 Å².